The number of amides is 1. The van der Waals surface area contributed by atoms with Gasteiger partial charge in [0.1, 0.15) is 0 Å². The molecular formula is C23H33N5O2. The fraction of sp³-hybridized carbons (Fsp3) is 0.609. The van der Waals surface area contributed by atoms with E-state index in [4.69, 9.17) is 0 Å². The van der Waals surface area contributed by atoms with Crippen molar-refractivity contribution in [3.05, 3.63) is 50.7 Å². The summed E-state index contributed by atoms with van der Waals surface area (Å²) >= 11 is 0. The van der Waals surface area contributed by atoms with Crippen molar-refractivity contribution in [3.8, 4) is 0 Å². The Kier molecular flexibility index (Phi) is 5.57. The summed E-state index contributed by atoms with van der Waals surface area (Å²) in [5.74, 6) is 0.789. The van der Waals surface area contributed by atoms with Crippen LogP contribution in [0.15, 0.2) is 16.9 Å². The van der Waals surface area contributed by atoms with Gasteiger partial charge in [-0.25, -0.2) is 0 Å². The van der Waals surface area contributed by atoms with Gasteiger partial charge in [-0.15, -0.1) is 0 Å². The number of hydrogen-bond donors (Lipinski definition) is 0. The lowest BCUT2D eigenvalue weighted by atomic mass is 9.83. The van der Waals surface area contributed by atoms with Crippen LogP contribution < -0.4 is 5.56 Å². The molecule has 0 radical (unpaired) electrons. The maximum atomic E-state index is 13.0. The quantitative estimate of drug-likeness (QED) is 0.756. The molecule has 2 atom stereocenters. The third kappa shape index (κ3) is 3.83. The zero-order valence-corrected chi connectivity index (χ0v) is 18.8. The third-order valence-corrected chi connectivity index (χ3v) is 6.80. The van der Waals surface area contributed by atoms with E-state index in [1.807, 2.05) is 46.1 Å². The van der Waals surface area contributed by atoms with Crippen molar-refractivity contribution in [3.63, 3.8) is 0 Å². The second-order valence-corrected chi connectivity index (χ2v) is 9.30. The summed E-state index contributed by atoms with van der Waals surface area (Å²) in [4.78, 5) is 30.0. The van der Waals surface area contributed by atoms with Gasteiger partial charge in [-0.2, -0.15) is 5.10 Å². The standard InChI is InChI=1S/C23H33N5O2/c1-15-16(2)24-28(17(15)3)9-8-22(29)26-11-18-10-20(14-26)21-7-6-19(13-25(4)5)23(30)27(21)12-18/h6-7,18,20H,8-14H2,1-5H3/t18-,20+/m0/s1. The molecule has 2 aromatic rings. The first-order chi connectivity index (χ1) is 14.2. The second kappa shape index (κ2) is 8.02. The van der Waals surface area contributed by atoms with Gasteiger partial charge in [0.2, 0.25) is 5.91 Å². The summed E-state index contributed by atoms with van der Waals surface area (Å²) in [7, 11) is 3.96. The summed E-state index contributed by atoms with van der Waals surface area (Å²) in [5.41, 5.74) is 5.43. The topological polar surface area (TPSA) is 63.4 Å². The van der Waals surface area contributed by atoms with E-state index in [2.05, 4.69) is 25.0 Å². The molecular weight excluding hydrogens is 378 g/mol. The van der Waals surface area contributed by atoms with E-state index >= 15 is 0 Å². The Morgan fingerprint density at radius 3 is 2.60 bits per heavy atom. The zero-order valence-electron chi connectivity index (χ0n) is 18.8. The number of carbonyl (C=O) groups is 1. The van der Waals surface area contributed by atoms with Crippen LogP contribution in [0.1, 0.15) is 47.0 Å². The lowest BCUT2D eigenvalue weighted by Crippen LogP contribution is -2.49. The average molecular weight is 412 g/mol. The smallest absolute Gasteiger partial charge is 0.255 e. The third-order valence-electron chi connectivity index (χ3n) is 6.80. The van der Waals surface area contributed by atoms with Gasteiger partial charge in [-0.05, 0) is 58.8 Å². The molecule has 30 heavy (non-hydrogen) atoms. The molecule has 2 aromatic heterocycles. The number of aromatic nitrogens is 3. The van der Waals surface area contributed by atoms with Crippen LogP contribution in [0.2, 0.25) is 0 Å². The maximum Gasteiger partial charge on any atom is 0.255 e. The summed E-state index contributed by atoms with van der Waals surface area (Å²) in [5, 5.41) is 4.56. The van der Waals surface area contributed by atoms with E-state index in [1.54, 1.807) is 0 Å². The zero-order chi connectivity index (χ0) is 21.6. The van der Waals surface area contributed by atoms with Crippen molar-refractivity contribution in [2.24, 2.45) is 5.92 Å². The van der Waals surface area contributed by atoms with Gasteiger partial charge in [0.15, 0.2) is 0 Å². The van der Waals surface area contributed by atoms with Crippen LogP contribution in [0, 0.1) is 26.7 Å². The van der Waals surface area contributed by atoms with Crippen LogP contribution in [0.4, 0.5) is 0 Å². The largest absolute Gasteiger partial charge is 0.342 e. The lowest BCUT2D eigenvalue weighted by molar-refractivity contribution is -0.134. The number of fused-ring (bicyclic) bond motifs is 4. The molecule has 0 N–H and O–H groups in total. The van der Waals surface area contributed by atoms with Crippen molar-refractivity contribution < 1.29 is 4.79 Å². The summed E-state index contributed by atoms with van der Waals surface area (Å²) in [6.45, 7) is 9.59. The number of aryl methyl sites for hydroxylation is 2. The monoisotopic (exact) mass is 411 g/mol. The van der Waals surface area contributed by atoms with E-state index in [-0.39, 0.29) is 17.4 Å². The number of piperidine rings is 1. The van der Waals surface area contributed by atoms with Gasteiger partial charge in [0.25, 0.3) is 5.56 Å². The first-order valence-electron chi connectivity index (χ1n) is 10.9. The summed E-state index contributed by atoms with van der Waals surface area (Å²) in [6.07, 6.45) is 1.53. The minimum atomic E-state index is 0.135. The van der Waals surface area contributed by atoms with Gasteiger partial charge < -0.3 is 14.4 Å². The van der Waals surface area contributed by atoms with Crippen LogP contribution in [-0.4, -0.2) is 57.2 Å². The Morgan fingerprint density at radius 1 is 1.17 bits per heavy atom. The first-order valence-corrected chi connectivity index (χ1v) is 10.9. The number of nitrogens with zero attached hydrogens (tertiary/aromatic N) is 5. The van der Waals surface area contributed by atoms with Crippen LogP contribution in [-0.2, 0) is 24.4 Å². The van der Waals surface area contributed by atoms with Gasteiger partial charge in [0.05, 0.1) is 5.69 Å². The molecule has 162 valence electrons. The minimum absolute atomic E-state index is 0.135. The molecule has 4 rings (SSSR count). The van der Waals surface area contributed by atoms with Crippen molar-refractivity contribution >= 4 is 5.91 Å². The molecule has 0 spiro atoms. The molecule has 7 heteroatoms. The Hall–Kier alpha value is -2.41. The highest BCUT2D eigenvalue weighted by Gasteiger charge is 2.36. The minimum Gasteiger partial charge on any atom is -0.342 e. The highest BCUT2D eigenvalue weighted by Crippen LogP contribution is 2.35. The van der Waals surface area contributed by atoms with Crippen LogP contribution in [0.25, 0.3) is 0 Å². The van der Waals surface area contributed by atoms with Crippen LogP contribution in [0.5, 0.6) is 0 Å². The Balaban J connectivity index is 1.46. The van der Waals surface area contributed by atoms with E-state index in [9.17, 15) is 9.59 Å². The normalized spacial score (nSPS) is 20.5. The average Bonchev–Trinajstić information content (AvgIpc) is 2.95. The van der Waals surface area contributed by atoms with Crippen molar-refractivity contribution in [1.29, 1.82) is 0 Å². The summed E-state index contributed by atoms with van der Waals surface area (Å²) in [6, 6.07) is 4.08. The van der Waals surface area contributed by atoms with E-state index in [1.165, 1.54) is 5.56 Å². The van der Waals surface area contributed by atoms with E-state index in [0.717, 1.165) is 35.6 Å². The molecule has 2 aliphatic heterocycles. The van der Waals surface area contributed by atoms with Crippen molar-refractivity contribution in [1.82, 2.24) is 24.1 Å². The molecule has 1 saturated heterocycles. The lowest BCUT2D eigenvalue weighted by Gasteiger charge is -2.43. The predicted octanol–water partition coefficient (Wildman–Crippen LogP) is 2.07. The number of rotatable bonds is 5. The molecule has 1 amide bonds. The molecule has 7 nitrogen and oxygen atoms in total. The molecule has 2 aliphatic rings. The number of likely N-dealkylation sites (tertiary alicyclic amines) is 1. The maximum absolute atomic E-state index is 13.0. The van der Waals surface area contributed by atoms with E-state index in [0.29, 0.717) is 38.5 Å². The van der Waals surface area contributed by atoms with Crippen molar-refractivity contribution in [2.75, 3.05) is 27.2 Å². The van der Waals surface area contributed by atoms with Gasteiger partial charge in [-0.3, -0.25) is 14.3 Å². The predicted molar refractivity (Wildman–Crippen MR) is 117 cm³/mol. The second-order valence-electron chi connectivity index (χ2n) is 9.30. The molecule has 0 aliphatic carbocycles. The Labute approximate surface area is 178 Å². The summed E-state index contributed by atoms with van der Waals surface area (Å²) < 4.78 is 3.92. The van der Waals surface area contributed by atoms with E-state index < -0.39 is 0 Å². The molecule has 1 fully saturated rings. The van der Waals surface area contributed by atoms with Gasteiger partial charge in [-0.1, -0.05) is 6.07 Å². The van der Waals surface area contributed by atoms with Gasteiger partial charge in [0, 0.05) is 62.0 Å². The van der Waals surface area contributed by atoms with Crippen LogP contribution >= 0.6 is 0 Å². The SMILES string of the molecule is Cc1nn(CCC(=O)N2C[C@@H]3C[C@H](C2)c2ccc(CN(C)C)c(=O)n2C3)c(C)c1C. The fourth-order valence-electron chi connectivity index (χ4n) is 5.02. The number of carbonyl (C=O) groups excluding carboxylic acids is 1. The fourth-order valence-corrected chi connectivity index (χ4v) is 5.02. The van der Waals surface area contributed by atoms with Gasteiger partial charge >= 0.3 is 0 Å². The molecule has 0 saturated carbocycles. The first kappa shape index (κ1) is 20.8. The molecule has 2 bridgehead atoms. The number of pyridine rings is 1. The molecule has 4 heterocycles. The van der Waals surface area contributed by atoms with Crippen LogP contribution in [0.3, 0.4) is 0 Å². The Bertz CT molecular complexity index is 1020. The highest BCUT2D eigenvalue weighted by molar-refractivity contribution is 5.76. The van der Waals surface area contributed by atoms with Crippen molar-refractivity contribution in [2.45, 2.75) is 59.2 Å². The number of hydrogen-bond acceptors (Lipinski definition) is 4. The Morgan fingerprint density at radius 2 is 1.93 bits per heavy atom. The molecule has 0 unspecified atom stereocenters. The molecule has 0 aromatic carbocycles. The highest BCUT2D eigenvalue weighted by atomic mass is 16.2.